The van der Waals surface area contributed by atoms with Crippen molar-refractivity contribution in [1.29, 1.82) is 0 Å². The number of carboxylic acids is 1. The van der Waals surface area contributed by atoms with Crippen molar-refractivity contribution < 1.29 is 9.90 Å². The fourth-order valence-corrected chi connectivity index (χ4v) is 2.79. The van der Waals surface area contributed by atoms with E-state index in [0.717, 1.165) is 12.8 Å². The number of rotatable bonds is 17. The van der Waals surface area contributed by atoms with E-state index < -0.39 is 5.97 Å². The average molecular weight is 343 g/mol. The maximum Gasteiger partial charge on any atom is 0.303 e. The van der Waals surface area contributed by atoms with Crippen LogP contribution in [0.3, 0.4) is 0 Å². The highest BCUT2D eigenvalue weighted by Gasteiger charge is 1.95. The fourth-order valence-electron chi connectivity index (χ4n) is 2.79. The van der Waals surface area contributed by atoms with Crippen LogP contribution in [0.25, 0.3) is 0 Å². The minimum Gasteiger partial charge on any atom is -0.481 e. The number of aliphatic carboxylic acids is 1. The molecule has 2 nitrogen and oxygen atoms in total. The van der Waals surface area contributed by atoms with Crippen molar-refractivity contribution in [3.63, 3.8) is 0 Å². The van der Waals surface area contributed by atoms with Crippen molar-refractivity contribution in [2.75, 3.05) is 0 Å². The molecule has 0 saturated carbocycles. The molecule has 2 heteroatoms. The summed E-state index contributed by atoms with van der Waals surface area (Å²) in [4.78, 5) is 10.1. The standard InChI is InChI=1S/C12H26.C10H20O2/c1-3-5-7-9-11-12-10-8-6-4-2;1-2-3-4-5-6-7-8-9-10(11)12/h3-12H2,1-2H3;2-9H2,1H3,(H,11,12). The Bertz CT molecular complexity index is 216. The van der Waals surface area contributed by atoms with Crippen molar-refractivity contribution >= 4 is 5.97 Å². The van der Waals surface area contributed by atoms with Crippen LogP contribution < -0.4 is 0 Å². The molecule has 0 aromatic heterocycles. The van der Waals surface area contributed by atoms with Gasteiger partial charge >= 0.3 is 5.97 Å². The maximum atomic E-state index is 10.1. The van der Waals surface area contributed by atoms with Crippen LogP contribution in [0, 0.1) is 0 Å². The van der Waals surface area contributed by atoms with Gasteiger partial charge in [0, 0.05) is 6.42 Å². The largest absolute Gasteiger partial charge is 0.481 e. The molecule has 0 bridgehead atoms. The molecule has 0 fully saturated rings. The van der Waals surface area contributed by atoms with Crippen LogP contribution in [-0.4, -0.2) is 11.1 Å². The monoisotopic (exact) mass is 342 g/mol. The van der Waals surface area contributed by atoms with Crippen LogP contribution in [0.5, 0.6) is 0 Å². The highest BCUT2D eigenvalue weighted by atomic mass is 16.4. The molecule has 0 radical (unpaired) electrons. The zero-order valence-electron chi connectivity index (χ0n) is 17.1. The summed E-state index contributed by atoms with van der Waals surface area (Å²) in [6.45, 7) is 6.76. The van der Waals surface area contributed by atoms with Gasteiger partial charge in [-0.2, -0.15) is 0 Å². The molecule has 0 saturated heterocycles. The highest BCUT2D eigenvalue weighted by Crippen LogP contribution is 2.10. The number of carbonyl (C=O) groups is 1. The lowest BCUT2D eigenvalue weighted by Gasteiger charge is -1.99. The van der Waals surface area contributed by atoms with E-state index >= 15 is 0 Å². The Kier molecular flexibility index (Phi) is 26.5. The molecular formula is C22H46O2. The van der Waals surface area contributed by atoms with Crippen molar-refractivity contribution in [1.82, 2.24) is 0 Å². The summed E-state index contributed by atoms with van der Waals surface area (Å²) < 4.78 is 0. The van der Waals surface area contributed by atoms with E-state index in [9.17, 15) is 4.79 Å². The fraction of sp³-hybridized carbons (Fsp3) is 0.955. The Morgan fingerprint density at radius 3 is 1.00 bits per heavy atom. The van der Waals surface area contributed by atoms with Gasteiger partial charge in [0.05, 0.1) is 0 Å². The predicted octanol–water partition coefficient (Wildman–Crippen LogP) is 8.14. The Morgan fingerprint density at radius 2 is 0.750 bits per heavy atom. The van der Waals surface area contributed by atoms with Gasteiger partial charge in [0.1, 0.15) is 0 Å². The average Bonchev–Trinajstić information content (AvgIpc) is 2.57. The molecule has 146 valence electrons. The van der Waals surface area contributed by atoms with Gasteiger partial charge in [0.2, 0.25) is 0 Å². The van der Waals surface area contributed by atoms with Crippen LogP contribution in [0.1, 0.15) is 136 Å². The molecule has 0 spiro atoms. The SMILES string of the molecule is CCCCCCCCCC(=O)O.CCCCCCCCCCCC. The third kappa shape index (κ3) is 29.5. The van der Waals surface area contributed by atoms with Gasteiger partial charge < -0.3 is 5.11 Å². The van der Waals surface area contributed by atoms with Gasteiger partial charge in [0.25, 0.3) is 0 Å². The number of unbranched alkanes of at least 4 members (excludes halogenated alkanes) is 15. The van der Waals surface area contributed by atoms with Crippen LogP contribution in [-0.2, 0) is 4.79 Å². The second-order valence-corrected chi connectivity index (χ2v) is 7.09. The summed E-state index contributed by atoms with van der Waals surface area (Å²) >= 11 is 0. The van der Waals surface area contributed by atoms with Crippen LogP contribution >= 0.6 is 0 Å². The molecule has 0 unspecified atom stereocenters. The molecule has 0 aliphatic heterocycles. The minimum atomic E-state index is -0.663. The summed E-state index contributed by atoms with van der Waals surface area (Å²) in [6.07, 6.45) is 23.1. The van der Waals surface area contributed by atoms with Gasteiger partial charge in [0.15, 0.2) is 0 Å². The Balaban J connectivity index is 0. The smallest absolute Gasteiger partial charge is 0.303 e. The molecule has 0 atom stereocenters. The first-order valence-electron chi connectivity index (χ1n) is 10.9. The lowest BCUT2D eigenvalue weighted by atomic mass is 10.1. The lowest BCUT2D eigenvalue weighted by Crippen LogP contribution is -1.93. The first kappa shape index (κ1) is 25.7. The van der Waals surface area contributed by atoms with E-state index in [1.807, 2.05) is 0 Å². The van der Waals surface area contributed by atoms with E-state index in [2.05, 4.69) is 20.8 Å². The molecule has 0 rings (SSSR count). The Hall–Kier alpha value is -0.530. The van der Waals surface area contributed by atoms with Gasteiger partial charge in [-0.05, 0) is 6.42 Å². The maximum absolute atomic E-state index is 10.1. The van der Waals surface area contributed by atoms with Crippen molar-refractivity contribution in [3.8, 4) is 0 Å². The zero-order chi connectivity index (χ0) is 18.3. The molecule has 0 aliphatic carbocycles. The second kappa shape index (κ2) is 24.7. The van der Waals surface area contributed by atoms with Crippen LogP contribution in [0.2, 0.25) is 0 Å². The molecular weight excluding hydrogens is 296 g/mol. The van der Waals surface area contributed by atoms with E-state index in [1.165, 1.54) is 96.3 Å². The highest BCUT2D eigenvalue weighted by molar-refractivity contribution is 5.66. The summed E-state index contributed by atoms with van der Waals surface area (Å²) in [5.41, 5.74) is 0. The van der Waals surface area contributed by atoms with Crippen LogP contribution in [0.15, 0.2) is 0 Å². The summed E-state index contributed by atoms with van der Waals surface area (Å²) in [6, 6.07) is 0. The molecule has 1 N–H and O–H groups in total. The summed E-state index contributed by atoms with van der Waals surface area (Å²) in [5, 5.41) is 8.35. The first-order valence-corrected chi connectivity index (χ1v) is 10.9. The number of carboxylic acid groups (broad SMARTS) is 1. The molecule has 0 aromatic rings. The summed E-state index contributed by atoms with van der Waals surface area (Å²) in [5.74, 6) is -0.663. The topological polar surface area (TPSA) is 37.3 Å². The van der Waals surface area contributed by atoms with Crippen molar-refractivity contribution in [3.05, 3.63) is 0 Å². The number of hydrogen-bond acceptors (Lipinski definition) is 1. The van der Waals surface area contributed by atoms with Gasteiger partial charge in [-0.15, -0.1) is 0 Å². The minimum absolute atomic E-state index is 0.341. The quantitative estimate of drug-likeness (QED) is 0.271. The van der Waals surface area contributed by atoms with Crippen molar-refractivity contribution in [2.24, 2.45) is 0 Å². The first-order chi connectivity index (χ1) is 11.7. The van der Waals surface area contributed by atoms with E-state index in [4.69, 9.17) is 5.11 Å². The molecule has 24 heavy (non-hydrogen) atoms. The van der Waals surface area contributed by atoms with E-state index in [1.54, 1.807) is 0 Å². The molecule has 0 heterocycles. The second-order valence-electron chi connectivity index (χ2n) is 7.09. The van der Waals surface area contributed by atoms with E-state index in [-0.39, 0.29) is 0 Å². The normalized spacial score (nSPS) is 10.3. The van der Waals surface area contributed by atoms with Crippen LogP contribution in [0.4, 0.5) is 0 Å². The molecule has 0 amide bonds. The third-order valence-corrected chi connectivity index (χ3v) is 4.45. The Labute approximate surface area is 152 Å². The zero-order valence-corrected chi connectivity index (χ0v) is 17.1. The lowest BCUT2D eigenvalue weighted by molar-refractivity contribution is -0.137. The number of hydrogen-bond donors (Lipinski definition) is 1. The molecule has 0 aromatic carbocycles. The van der Waals surface area contributed by atoms with Gasteiger partial charge in [-0.3, -0.25) is 4.79 Å². The third-order valence-electron chi connectivity index (χ3n) is 4.45. The predicted molar refractivity (Wildman–Crippen MR) is 108 cm³/mol. The molecule has 0 aliphatic rings. The van der Waals surface area contributed by atoms with Crippen molar-refractivity contribution in [2.45, 2.75) is 136 Å². The summed E-state index contributed by atoms with van der Waals surface area (Å²) in [7, 11) is 0. The Morgan fingerprint density at radius 1 is 0.500 bits per heavy atom. The van der Waals surface area contributed by atoms with E-state index in [0.29, 0.717) is 6.42 Å². The van der Waals surface area contributed by atoms with Gasteiger partial charge in [-0.1, -0.05) is 124 Å². The van der Waals surface area contributed by atoms with Gasteiger partial charge in [-0.25, -0.2) is 0 Å².